The molecule has 5 nitrogen and oxygen atoms in total. The summed E-state index contributed by atoms with van der Waals surface area (Å²) in [6, 6.07) is 17.2. The van der Waals surface area contributed by atoms with Crippen LogP contribution in [0.2, 0.25) is 0 Å². The highest BCUT2D eigenvalue weighted by molar-refractivity contribution is 7.22. The van der Waals surface area contributed by atoms with E-state index < -0.39 is 5.63 Å². The van der Waals surface area contributed by atoms with Crippen LogP contribution in [-0.2, 0) is 6.54 Å². The summed E-state index contributed by atoms with van der Waals surface area (Å²) in [6.45, 7) is 4.25. The zero-order valence-corrected chi connectivity index (χ0v) is 17.3. The highest BCUT2D eigenvalue weighted by Gasteiger charge is 2.13. The summed E-state index contributed by atoms with van der Waals surface area (Å²) < 4.78 is 7.53. The third kappa shape index (κ3) is 3.15. The zero-order chi connectivity index (χ0) is 20.8. The fourth-order valence-electron chi connectivity index (χ4n) is 3.60. The van der Waals surface area contributed by atoms with Gasteiger partial charge < -0.3 is 4.42 Å². The van der Waals surface area contributed by atoms with Crippen molar-refractivity contribution in [1.82, 2.24) is 9.55 Å². The lowest BCUT2D eigenvalue weighted by molar-refractivity contribution is 0.557. The highest BCUT2D eigenvalue weighted by atomic mass is 32.1. The summed E-state index contributed by atoms with van der Waals surface area (Å²) in [7, 11) is 0. The highest BCUT2D eigenvalue weighted by Crippen LogP contribution is 2.30. The van der Waals surface area contributed by atoms with Crippen LogP contribution in [0.1, 0.15) is 16.7 Å². The molecule has 0 fully saturated rings. The van der Waals surface area contributed by atoms with Gasteiger partial charge in [-0.25, -0.2) is 9.78 Å². The molecule has 5 rings (SSSR count). The molecule has 0 bridgehead atoms. The summed E-state index contributed by atoms with van der Waals surface area (Å²) >= 11 is 1.44. The molecule has 0 atom stereocenters. The van der Waals surface area contributed by atoms with Gasteiger partial charge in [-0.15, -0.1) is 11.3 Å². The number of aromatic nitrogens is 2. The SMILES string of the molecule is Cc1cc2oc(=O)cc(Cn3cnc4cc(-c5ccccc5)sc4c3=O)c2cc1C. The standard InChI is InChI=1S/C24H18N2O3S/c1-14-8-18-17(10-22(27)29-20(18)9-15(14)2)12-26-13-25-19-11-21(30-23(19)24(26)28)16-6-4-3-5-7-16/h3-11,13H,12H2,1-2H3. The third-order valence-electron chi connectivity index (χ3n) is 5.35. The van der Waals surface area contributed by atoms with Crippen LogP contribution >= 0.6 is 11.3 Å². The van der Waals surface area contributed by atoms with Gasteiger partial charge in [0.25, 0.3) is 5.56 Å². The van der Waals surface area contributed by atoms with E-state index in [4.69, 9.17) is 4.42 Å². The molecule has 148 valence electrons. The van der Waals surface area contributed by atoms with E-state index in [-0.39, 0.29) is 12.1 Å². The number of aryl methyl sites for hydroxylation is 2. The van der Waals surface area contributed by atoms with Gasteiger partial charge in [-0.3, -0.25) is 9.36 Å². The van der Waals surface area contributed by atoms with Crippen molar-refractivity contribution in [2.75, 3.05) is 0 Å². The van der Waals surface area contributed by atoms with Crippen LogP contribution in [0.15, 0.2) is 74.9 Å². The molecule has 6 heteroatoms. The summed E-state index contributed by atoms with van der Waals surface area (Å²) in [5.74, 6) is 0. The summed E-state index contributed by atoms with van der Waals surface area (Å²) in [6.07, 6.45) is 1.55. The number of thiophene rings is 1. The van der Waals surface area contributed by atoms with Gasteiger partial charge in [0, 0.05) is 16.3 Å². The molecule has 0 amide bonds. The van der Waals surface area contributed by atoms with Gasteiger partial charge in [0.1, 0.15) is 10.3 Å². The molecule has 0 aliphatic carbocycles. The maximum absolute atomic E-state index is 13.2. The van der Waals surface area contributed by atoms with Gasteiger partial charge in [0.05, 0.1) is 18.4 Å². The van der Waals surface area contributed by atoms with E-state index in [2.05, 4.69) is 4.98 Å². The minimum Gasteiger partial charge on any atom is -0.423 e. The molecule has 3 heterocycles. The lowest BCUT2D eigenvalue weighted by atomic mass is 10.0. The van der Waals surface area contributed by atoms with Crippen molar-refractivity contribution >= 4 is 32.5 Å². The topological polar surface area (TPSA) is 65.1 Å². The van der Waals surface area contributed by atoms with Gasteiger partial charge in [0.2, 0.25) is 0 Å². The normalized spacial score (nSPS) is 11.4. The summed E-state index contributed by atoms with van der Waals surface area (Å²) in [5.41, 5.74) is 4.63. The Kier molecular flexibility index (Phi) is 4.37. The van der Waals surface area contributed by atoms with Gasteiger partial charge in [0.15, 0.2) is 0 Å². The minimum absolute atomic E-state index is 0.114. The Bertz CT molecular complexity index is 1530. The monoisotopic (exact) mass is 414 g/mol. The molecule has 0 saturated heterocycles. The lowest BCUT2D eigenvalue weighted by Crippen LogP contribution is -2.21. The Labute approximate surface area is 175 Å². The van der Waals surface area contributed by atoms with Crippen molar-refractivity contribution in [1.29, 1.82) is 0 Å². The van der Waals surface area contributed by atoms with Crippen LogP contribution in [0.3, 0.4) is 0 Å². The van der Waals surface area contributed by atoms with E-state index in [1.165, 1.54) is 17.4 Å². The molecule has 2 aromatic carbocycles. The van der Waals surface area contributed by atoms with Crippen molar-refractivity contribution < 1.29 is 4.42 Å². The first-order valence-electron chi connectivity index (χ1n) is 9.58. The van der Waals surface area contributed by atoms with Crippen LogP contribution in [0, 0.1) is 13.8 Å². The average molecular weight is 414 g/mol. The molecule has 0 N–H and O–H groups in total. The molecule has 3 aromatic heterocycles. The third-order valence-corrected chi connectivity index (χ3v) is 6.51. The van der Waals surface area contributed by atoms with Crippen LogP contribution in [0.4, 0.5) is 0 Å². The van der Waals surface area contributed by atoms with Gasteiger partial charge >= 0.3 is 5.63 Å². The first kappa shape index (κ1) is 18.5. The van der Waals surface area contributed by atoms with Crippen LogP contribution in [0.5, 0.6) is 0 Å². The van der Waals surface area contributed by atoms with E-state index in [0.29, 0.717) is 15.8 Å². The van der Waals surface area contributed by atoms with Gasteiger partial charge in [-0.1, -0.05) is 30.3 Å². The largest absolute Gasteiger partial charge is 0.423 e. The summed E-state index contributed by atoms with van der Waals surface area (Å²) in [5, 5.41) is 0.834. The molecular formula is C24H18N2O3S. The predicted molar refractivity (Wildman–Crippen MR) is 120 cm³/mol. The van der Waals surface area contributed by atoms with Crippen molar-refractivity contribution in [2.24, 2.45) is 0 Å². The molecule has 0 aliphatic heterocycles. The molecule has 0 unspecified atom stereocenters. The fourth-order valence-corrected chi connectivity index (χ4v) is 4.67. The smallest absolute Gasteiger partial charge is 0.336 e. The Morgan fingerprint density at radius 1 is 1.00 bits per heavy atom. The van der Waals surface area contributed by atoms with E-state index in [9.17, 15) is 9.59 Å². The number of benzene rings is 2. The Hall–Kier alpha value is -3.51. The maximum atomic E-state index is 13.2. The predicted octanol–water partition coefficient (Wildman–Crippen LogP) is 4.90. The van der Waals surface area contributed by atoms with Crippen molar-refractivity contribution in [3.8, 4) is 10.4 Å². The van der Waals surface area contributed by atoms with Crippen molar-refractivity contribution in [3.63, 3.8) is 0 Å². The first-order chi connectivity index (χ1) is 14.5. The Morgan fingerprint density at radius 2 is 1.77 bits per heavy atom. The number of rotatable bonds is 3. The van der Waals surface area contributed by atoms with Crippen LogP contribution in [0.25, 0.3) is 31.6 Å². The second-order valence-electron chi connectivity index (χ2n) is 7.39. The average Bonchev–Trinajstić information content (AvgIpc) is 3.17. The number of nitrogens with zero attached hydrogens (tertiary/aromatic N) is 2. The molecule has 0 saturated carbocycles. The van der Waals surface area contributed by atoms with Crippen molar-refractivity contribution in [2.45, 2.75) is 20.4 Å². The molecule has 0 spiro atoms. The molecule has 0 radical (unpaired) electrons. The number of hydrogen-bond acceptors (Lipinski definition) is 5. The molecule has 0 aliphatic rings. The zero-order valence-electron chi connectivity index (χ0n) is 16.5. The van der Waals surface area contributed by atoms with E-state index in [1.54, 1.807) is 10.9 Å². The lowest BCUT2D eigenvalue weighted by Gasteiger charge is -2.09. The van der Waals surface area contributed by atoms with E-state index in [0.717, 1.165) is 32.5 Å². The molecule has 30 heavy (non-hydrogen) atoms. The Balaban J connectivity index is 1.63. The summed E-state index contributed by atoms with van der Waals surface area (Å²) in [4.78, 5) is 30.7. The fraction of sp³-hybridized carbons (Fsp3) is 0.125. The first-order valence-corrected chi connectivity index (χ1v) is 10.4. The van der Waals surface area contributed by atoms with Crippen LogP contribution < -0.4 is 11.2 Å². The van der Waals surface area contributed by atoms with Crippen LogP contribution in [-0.4, -0.2) is 9.55 Å². The number of fused-ring (bicyclic) bond motifs is 2. The minimum atomic E-state index is -0.426. The van der Waals surface area contributed by atoms with E-state index in [1.807, 2.05) is 62.4 Å². The van der Waals surface area contributed by atoms with Gasteiger partial charge in [-0.2, -0.15) is 0 Å². The molecule has 5 aromatic rings. The second kappa shape index (κ2) is 7.07. The quantitative estimate of drug-likeness (QED) is 0.394. The van der Waals surface area contributed by atoms with Gasteiger partial charge in [-0.05, 0) is 54.3 Å². The molecular weight excluding hydrogens is 396 g/mol. The van der Waals surface area contributed by atoms with Crippen molar-refractivity contribution in [3.05, 3.63) is 98.4 Å². The maximum Gasteiger partial charge on any atom is 0.336 e. The number of hydrogen-bond donors (Lipinski definition) is 0. The van der Waals surface area contributed by atoms with E-state index >= 15 is 0 Å². The Morgan fingerprint density at radius 3 is 2.57 bits per heavy atom. The second-order valence-corrected chi connectivity index (χ2v) is 8.44.